The van der Waals surface area contributed by atoms with Gasteiger partial charge in [0, 0.05) is 0 Å². The van der Waals surface area contributed by atoms with Gasteiger partial charge in [-0.2, -0.15) is 0 Å². The van der Waals surface area contributed by atoms with Gasteiger partial charge in [0.2, 0.25) is 0 Å². The lowest BCUT2D eigenvalue weighted by Crippen LogP contribution is -2.61. The van der Waals surface area contributed by atoms with Crippen LogP contribution in [0.2, 0.25) is 0 Å². The minimum atomic E-state index is -0.532. The predicted molar refractivity (Wildman–Crippen MR) is 52.3 cm³/mol. The fourth-order valence-corrected chi connectivity index (χ4v) is 1.41. The Morgan fingerprint density at radius 3 is 2.71 bits per heavy atom. The molecule has 1 N–H and O–H groups in total. The monoisotopic (exact) mass is 194 g/mol. The molecule has 0 spiro atoms. The highest BCUT2D eigenvalue weighted by Crippen LogP contribution is 2.29. The second kappa shape index (κ2) is 3.59. The molecule has 1 heterocycles. The summed E-state index contributed by atoms with van der Waals surface area (Å²) in [6.45, 7) is 2.39. The van der Waals surface area contributed by atoms with E-state index in [2.05, 4.69) is 0 Å². The zero-order chi connectivity index (χ0) is 10.0. The number of aliphatic hydroxyl groups excluding tert-OH is 1. The summed E-state index contributed by atoms with van der Waals surface area (Å²) in [5, 5.41) is 9.09. The van der Waals surface area contributed by atoms with Gasteiger partial charge in [-0.3, -0.25) is 0 Å². The molecule has 0 bridgehead atoms. The number of benzene rings is 1. The molecule has 0 saturated carbocycles. The van der Waals surface area contributed by atoms with Crippen molar-refractivity contribution in [3.63, 3.8) is 0 Å². The number of hydrogen-bond acceptors (Lipinski definition) is 3. The topological polar surface area (TPSA) is 38.7 Å². The van der Waals surface area contributed by atoms with E-state index in [1.807, 2.05) is 37.3 Å². The summed E-state index contributed by atoms with van der Waals surface area (Å²) in [6.07, 6.45) is -0.0464. The Kier molecular flexibility index (Phi) is 2.44. The second-order valence-corrected chi connectivity index (χ2v) is 3.70. The maximum atomic E-state index is 9.09. The quantitative estimate of drug-likeness (QED) is 0.786. The first-order valence-corrected chi connectivity index (χ1v) is 4.71. The lowest BCUT2D eigenvalue weighted by atomic mass is 9.95. The van der Waals surface area contributed by atoms with E-state index in [4.69, 9.17) is 14.6 Å². The molecule has 0 aliphatic carbocycles. The largest absolute Gasteiger partial charge is 0.485 e. The third-order valence-electron chi connectivity index (χ3n) is 2.58. The van der Waals surface area contributed by atoms with Crippen molar-refractivity contribution in [1.82, 2.24) is 0 Å². The number of hydrogen-bond donors (Lipinski definition) is 1. The van der Waals surface area contributed by atoms with E-state index >= 15 is 0 Å². The van der Waals surface area contributed by atoms with Crippen LogP contribution in [0.4, 0.5) is 0 Å². The fourth-order valence-electron chi connectivity index (χ4n) is 1.41. The van der Waals surface area contributed by atoms with Crippen molar-refractivity contribution in [3.8, 4) is 5.75 Å². The van der Waals surface area contributed by atoms with Crippen molar-refractivity contribution in [2.24, 2.45) is 0 Å². The van der Waals surface area contributed by atoms with Gasteiger partial charge in [0.1, 0.15) is 11.4 Å². The highest BCUT2D eigenvalue weighted by atomic mass is 16.6. The molecule has 76 valence electrons. The summed E-state index contributed by atoms with van der Waals surface area (Å²) in [5.41, 5.74) is -0.532. The minimum Gasteiger partial charge on any atom is -0.485 e. The van der Waals surface area contributed by atoms with Crippen LogP contribution in [0, 0.1) is 0 Å². The van der Waals surface area contributed by atoms with Crippen molar-refractivity contribution in [1.29, 1.82) is 0 Å². The van der Waals surface area contributed by atoms with Crippen molar-refractivity contribution < 1.29 is 14.6 Å². The molecule has 0 amide bonds. The molecule has 14 heavy (non-hydrogen) atoms. The molecule has 2 atom stereocenters. The molecular weight excluding hydrogens is 180 g/mol. The van der Waals surface area contributed by atoms with E-state index in [0.717, 1.165) is 5.75 Å². The maximum absolute atomic E-state index is 9.09. The van der Waals surface area contributed by atoms with Gasteiger partial charge in [0.15, 0.2) is 6.10 Å². The third-order valence-corrected chi connectivity index (χ3v) is 2.58. The highest BCUT2D eigenvalue weighted by molar-refractivity contribution is 5.22. The number of aliphatic hydroxyl groups is 1. The van der Waals surface area contributed by atoms with Gasteiger partial charge in [-0.1, -0.05) is 18.2 Å². The Bertz CT molecular complexity index is 295. The minimum absolute atomic E-state index is 0.00942. The summed E-state index contributed by atoms with van der Waals surface area (Å²) in [4.78, 5) is 0. The van der Waals surface area contributed by atoms with E-state index in [-0.39, 0.29) is 12.7 Å². The van der Waals surface area contributed by atoms with Crippen LogP contribution in [-0.2, 0) is 4.74 Å². The van der Waals surface area contributed by atoms with Gasteiger partial charge in [0.05, 0.1) is 13.2 Å². The number of para-hydroxylation sites is 1. The fraction of sp³-hybridized carbons (Fsp3) is 0.455. The Hall–Kier alpha value is -1.06. The van der Waals surface area contributed by atoms with Crippen LogP contribution in [-0.4, -0.2) is 30.0 Å². The molecule has 3 heteroatoms. The van der Waals surface area contributed by atoms with E-state index in [1.165, 1.54) is 0 Å². The summed E-state index contributed by atoms with van der Waals surface area (Å²) < 4.78 is 10.9. The van der Waals surface area contributed by atoms with Crippen LogP contribution in [0.1, 0.15) is 6.92 Å². The lowest BCUT2D eigenvalue weighted by molar-refractivity contribution is -0.233. The first kappa shape index (κ1) is 9.49. The van der Waals surface area contributed by atoms with Crippen molar-refractivity contribution in [2.75, 3.05) is 13.2 Å². The molecule has 2 rings (SSSR count). The zero-order valence-electron chi connectivity index (χ0n) is 8.14. The number of ether oxygens (including phenoxy) is 2. The van der Waals surface area contributed by atoms with Crippen LogP contribution in [0.25, 0.3) is 0 Å². The summed E-state index contributed by atoms with van der Waals surface area (Å²) >= 11 is 0. The average Bonchev–Trinajstić information content (AvgIpc) is 2.25. The van der Waals surface area contributed by atoms with Crippen molar-refractivity contribution >= 4 is 0 Å². The predicted octanol–water partition coefficient (Wildman–Crippen LogP) is 1.22. The molecule has 1 aromatic rings. The van der Waals surface area contributed by atoms with Crippen LogP contribution < -0.4 is 4.74 Å². The first-order valence-electron chi connectivity index (χ1n) is 4.71. The van der Waals surface area contributed by atoms with Crippen LogP contribution in [0.5, 0.6) is 5.75 Å². The number of rotatable bonds is 3. The standard InChI is InChI=1S/C11H14O3/c1-11(8-12)10(7-13-11)14-9-5-3-2-4-6-9/h2-6,10,12H,7-8H2,1H3. The van der Waals surface area contributed by atoms with Crippen molar-refractivity contribution in [3.05, 3.63) is 30.3 Å². The molecule has 1 fully saturated rings. The van der Waals surface area contributed by atoms with Crippen LogP contribution >= 0.6 is 0 Å². The van der Waals surface area contributed by atoms with Gasteiger partial charge in [-0.15, -0.1) is 0 Å². The van der Waals surface area contributed by atoms with Gasteiger partial charge in [0.25, 0.3) is 0 Å². The highest BCUT2D eigenvalue weighted by Gasteiger charge is 2.46. The van der Waals surface area contributed by atoms with E-state index in [1.54, 1.807) is 0 Å². The molecule has 2 unspecified atom stereocenters. The normalized spacial score (nSPS) is 30.9. The summed E-state index contributed by atoms with van der Waals surface area (Å²) in [7, 11) is 0. The Morgan fingerprint density at radius 2 is 2.21 bits per heavy atom. The van der Waals surface area contributed by atoms with Gasteiger partial charge >= 0.3 is 0 Å². The molecule has 1 aliphatic rings. The zero-order valence-corrected chi connectivity index (χ0v) is 8.14. The van der Waals surface area contributed by atoms with Crippen LogP contribution in [0.15, 0.2) is 30.3 Å². The Morgan fingerprint density at radius 1 is 1.50 bits per heavy atom. The van der Waals surface area contributed by atoms with Gasteiger partial charge in [-0.05, 0) is 19.1 Å². The molecule has 1 aliphatic heterocycles. The third kappa shape index (κ3) is 1.61. The average molecular weight is 194 g/mol. The summed E-state index contributed by atoms with van der Waals surface area (Å²) in [6, 6.07) is 9.58. The Balaban J connectivity index is 1.99. The maximum Gasteiger partial charge on any atom is 0.153 e. The molecular formula is C11H14O3. The molecule has 1 aromatic carbocycles. The second-order valence-electron chi connectivity index (χ2n) is 3.70. The summed E-state index contributed by atoms with van der Waals surface area (Å²) in [5.74, 6) is 0.820. The SMILES string of the molecule is CC1(CO)OCC1Oc1ccccc1. The van der Waals surface area contributed by atoms with E-state index in [0.29, 0.717) is 6.61 Å². The van der Waals surface area contributed by atoms with E-state index in [9.17, 15) is 0 Å². The van der Waals surface area contributed by atoms with Crippen molar-refractivity contribution in [2.45, 2.75) is 18.6 Å². The van der Waals surface area contributed by atoms with E-state index < -0.39 is 5.60 Å². The molecule has 3 nitrogen and oxygen atoms in total. The Labute approximate surface area is 83.3 Å². The first-order chi connectivity index (χ1) is 6.74. The molecule has 1 saturated heterocycles. The van der Waals surface area contributed by atoms with Gasteiger partial charge < -0.3 is 14.6 Å². The smallest absolute Gasteiger partial charge is 0.153 e. The molecule has 0 aromatic heterocycles. The van der Waals surface area contributed by atoms with Gasteiger partial charge in [-0.25, -0.2) is 0 Å². The lowest BCUT2D eigenvalue weighted by Gasteiger charge is -2.44. The van der Waals surface area contributed by atoms with Crippen LogP contribution in [0.3, 0.4) is 0 Å². The molecule has 0 radical (unpaired) electrons.